The Morgan fingerprint density at radius 2 is 2.15 bits per heavy atom. The molecule has 150 valence electrons. The van der Waals surface area contributed by atoms with Crippen molar-refractivity contribution < 1.29 is 19.4 Å². The number of allylic oxidation sites excluding steroid dienone is 1. The van der Waals surface area contributed by atoms with Gasteiger partial charge in [0.15, 0.2) is 5.76 Å². The van der Waals surface area contributed by atoms with Gasteiger partial charge in [-0.25, -0.2) is 0 Å². The molecule has 27 heavy (non-hydrogen) atoms. The molecule has 3 atom stereocenters. The van der Waals surface area contributed by atoms with Gasteiger partial charge in [-0.05, 0) is 44.3 Å². The van der Waals surface area contributed by atoms with Crippen molar-refractivity contribution in [1.29, 1.82) is 0 Å². The maximum absolute atomic E-state index is 13.1. The molecule has 0 unspecified atom stereocenters. The Labute approximate surface area is 165 Å². The smallest absolute Gasteiger partial charge is 0.288 e. The molecule has 0 spiro atoms. The number of carbonyl (C=O) groups is 1. The van der Waals surface area contributed by atoms with Crippen LogP contribution in [0.2, 0.25) is 0 Å². The summed E-state index contributed by atoms with van der Waals surface area (Å²) >= 11 is 1.69. The Balaban J connectivity index is 1.85. The number of hydrogen-bond acceptors (Lipinski definition) is 6. The fraction of sp³-hybridized carbons (Fsp3) is 0.650. The first-order valence-electron chi connectivity index (χ1n) is 9.76. The number of piperazine rings is 1. The highest BCUT2D eigenvalue weighted by molar-refractivity contribution is 7.10. The molecule has 0 aliphatic carbocycles. The van der Waals surface area contributed by atoms with Crippen LogP contribution in [0.15, 0.2) is 29.3 Å². The first-order chi connectivity index (χ1) is 13.1. The van der Waals surface area contributed by atoms with Gasteiger partial charge in [-0.15, -0.1) is 11.3 Å². The summed E-state index contributed by atoms with van der Waals surface area (Å²) in [5.41, 5.74) is 0. The van der Waals surface area contributed by atoms with E-state index in [0.717, 1.165) is 19.5 Å². The molecule has 1 amide bonds. The quantitative estimate of drug-likeness (QED) is 0.769. The lowest BCUT2D eigenvalue weighted by molar-refractivity contribution is -0.170. The van der Waals surface area contributed by atoms with Crippen LogP contribution in [0.4, 0.5) is 0 Å². The van der Waals surface area contributed by atoms with Crippen molar-refractivity contribution in [3.8, 4) is 0 Å². The van der Waals surface area contributed by atoms with Crippen LogP contribution < -0.4 is 0 Å². The molecular formula is C20H30N2O4S. The van der Waals surface area contributed by atoms with Crippen molar-refractivity contribution in [2.24, 2.45) is 5.92 Å². The van der Waals surface area contributed by atoms with Crippen LogP contribution in [0.25, 0.3) is 0 Å². The highest BCUT2D eigenvalue weighted by Crippen LogP contribution is 2.41. The molecule has 6 nitrogen and oxygen atoms in total. The second-order valence-electron chi connectivity index (χ2n) is 7.14. The molecule has 3 rings (SSSR count). The molecule has 0 radical (unpaired) electrons. The van der Waals surface area contributed by atoms with E-state index in [-0.39, 0.29) is 24.3 Å². The predicted molar refractivity (Wildman–Crippen MR) is 106 cm³/mol. The summed E-state index contributed by atoms with van der Waals surface area (Å²) in [7, 11) is 2.07. The van der Waals surface area contributed by atoms with Crippen LogP contribution >= 0.6 is 11.3 Å². The fourth-order valence-electron chi connectivity index (χ4n) is 3.73. The zero-order valence-electron chi connectivity index (χ0n) is 16.2. The maximum atomic E-state index is 13.1. The SMILES string of the molecule is CCO[C@H]1OC(C(=O)N2CCN(C)CC2)=C[C@@H](c2cccs2)[C@H]1CCCO. The van der Waals surface area contributed by atoms with Crippen molar-refractivity contribution >= 4 is 17.2 Å². The topological polar surface area (TPSA) is 62.2 Å². The van der Waals surface area contributed by atoms with Crippen LogP contribution in [-0.2, 0) is 14.3 Å². The standard InChI is InChI=1S/C20H30N2O4S/c1-3-25-20-15(6-4-12-23)16(18-7-5-13-27-18)14-17(26-20)19(24)22-10-8-21(2)9-11-22/h5,7,13-16,20,23H,3-4,6,8-12H2,1-2H3/t15-,16-,20+/m1/s1. The second kappa shape index (κ2) is 9.68. The minimum atomic E-state index is -0.468. The van der Waals surface area contributed by atoms with Crippen molar-refractivity contribution in [1.82, 2.24) is 9.80 Å². The highest BCUT2D eigenvalue weighted by atomic mass is 32.1. The first-order valence-corrected chi connectivity index (χ1v) is 10.6. The third-order valence-electron chi connectivity index (χ3n) is 5.28. The predicted octanol–water partition coefficient (Wildman–Crippen LogP) is 2.27. The van der Waals surface area contributed by atoms with Crippen molar-refractivity contribution in [3.63, 3.8) is 0 Å². The van der Waals surface area contributed by atoms with E-state index in [1.807, 2.05) is 24.0 Å². The summed E-state index contributed by atoms with van der Waals surface area (Å²) in [5.74, 6) is 0.500. The van der Waals surface area contributed by atoms with Crippen molar-refractivity contribution in [3.05, 3.63) is 34.2 Å². The van der Waals surface area contributed by atoms with Gasteiger partial charge < -0.3 is 24.4 Å². The zero-order chi connectivity index (χ0) is 19.2. The molecule has 0 saturated carbocycles. The Morgan fingerprint density at radius 3 is 2.78 bits per heavy atom. The van der Waals surface area contributed by atoms with Gasteiger partial charge >= 0.3 is 0 Å². The highest BCUT2D eigenvalue weighted by Gasteiger charge is 2.39. The number of ether oxygens (including phenoxy) is 2. The van der Waals surface area contributed by atoms with E-state index in [1.54, 1.807) is 11.3 Å². The summed E-state index contributed by atoms with van der Waals surface area (Å²) in [6, 6.07) is 4.13. The van der Waals surface area contributed by atoms with Crippen LogP contribution in [0.5, 0.6) is 0 Å². The van der Waals surface area contributed by atoms with E-state index in [0.29, 0.717) is 31.9 Å². The van der Waals surface area contributed by atoms with Gasteiger partial charge in [0.1, 0.15) is 0 Å². The third-order valence-corrected chi connectivity index (χ3v) is 6.26. The average Bonchev–Trinajstić information content (AvgIpc) is 3.21. The van der Waals surface area contributed by atoms with Crippen LogP contribution in [0.1, 0.15) is 30.6 Å². The van der Waals surface area contributed by atoms with Gasteiger partial charge in [0, 0.05) is 56.1 Å². The molecule has 0 bridgehead atoms. The first kappa shape index (κ1) is 20.3. The molecule has 7 heteroatoms. The number of thiophene rings is 1. The summed E-state index contributed by atoms with van der Waals surface area (Å²) < 4.78 is 12.0. The van der Waals surface area contributed by atoms with Gasteiger partial charge in [0.25, 0.3) is 5.91 Å². The number of aliphatic hydroxyl groups excluding tert-OH is 1. The monoisotopic (exact) mass is 394 g/mol. The van der Waals surface area contributed by atoms with Gasteiger partial charge in [0.2, 0.25) is 6.29 Å². The third kappa shape index (κ3) is 4.90. The lowest BCUT2D eigenvalue weighted by Crippen LogP contribution is -2.49. The van der Waals surface area contributed by atoms with Crippen molar-refractivity contribution in [2.45, 2.75) is 32.0 Å². The number of nitrogens with zero attached hydrogens (tertiary/aromatic N) is 2. The molecule has 2 aliphatic rings. The number of carbonyl (C=O) groups excluding carboxylic acids is 1. The Morgan fingerprint density at radius 1 is 1.37 bits per heavy atom. The summed E-state index contributed by atoms with van der Waals surface area (Å²) in [5, 5.41) is 11.4. The van der Waals surface area contributed by atoms with Crippen molar-refractivity contribution in [2.75, 3.05) is 46.4 Å². The normalized spacial score (nSPS) is 26.6. The molecule has 1 aromatic rings. The van der Waals surface area contributed by atoms with E-state index in [1.165, 1.54) is 4.88 Å². The molecule has 1 N–H and O–H groups in total. The molecule has 2 aliphatic heterocycles. The minimum absolute atomic E-state index is 0.0463. The van der Waals surface area contributed by atoms with E-state index in [2.05, 4.69) is 23.4 Å². The second-order valence-corrected chi connectivity index (χ2v) is 8.12. The summed E-state index contributed by atoms with van der Waals surface area (Å²) in [4.78, 5) is 18.4. The number of amides is 1. The molecule has 1 saturated heterocycles. The lowest BCUT2D eigenvalue weighted by Gasteiger charge is -2.38. The number of hydrogen-bond donors (Lipinski definition) is 1. The van der Waals surface area contributed by atoms with Gasteiger partial charge in [-0.2, -0.15) is 0 Å². The Hall–Kier alpha value is -1.41. The molecule has 1 fully saturated rings. The fourth-order valence-corrected chi connectivity index (χ4v) is 4.60. The van der Waals surface area contributed by atoms with E-state index >= 15 is 0 Å². The summed E-state index contributed by atoms with van der Waals surface area (Å²) in [6.45, 7) is 5.78. The molecule has 0 aromatic carbocycles. The van der Waals surface area contributed by atoms with E-state index in [9.17, 15) is 9.90 Å². The molecule has 1 aromatic heterocycles. The van der Waals surface area contributed by atoms with E-state index < -0.39 is 6.29 Å². The van der Waals surface area contributed by atoms with Crippen LogP contribution in [-0.4, -0.2) is 73.5 Å². The lowest BCUT2D eigenvalue weighted by atomic mass is 9.84. The van der Waals surface area contributed by atoms with Crippen LogP contribution in [0.3, 0.4) is 0 Å². The Kier molecular flexibility index (Phi) is 7.29. The maximum Gasteiger partial charge on any atom is 0.288 e. The zero-order valence-corrected chi connectivity index (χ0v) is 17.0. The summed E-state index contributed by atoms with van der Waals surface area (Å²) in [6.07, 6.45) is 2.99. The molecule has 3 heterocycles. The van der Waals surface area contributed by atoms with Gasteiger partial charge in [0.05, 0.1) is 0 Å². The Bertz CT molecular complexity index is 626. The average molecular weight is 395 g/mol. The van der Waals surface area contributed by atoms with Crippen LogP contribution in [0, 0.1) is 5.92 Å². The molecular weight excluding hydrogens is 364 g/mol. The largest absolute Gasteiger partial charge is 0.459 e. The number of likely N-dealkylation sites (N-methyl/N-ethyl adjacent to an activating group) is 1. The number of rotatable bonds is 7. The number of aliphatic hydroxyl groups is 1. The minimum Gasteiger partial charge on any atom is -0.459 e. The van der Waals surface area contributed by atoms with E-state index in [4.69, 9.17) is 9.47 Å². The van der Waals surface area contributed by atoms with Gasteiger partial charge in [-0.3, -0.25) is 4.79 Å². The van der Waals surface area contributed by atoms with Gasteiger partial charge in [-0.1, -0.05) is 6.07 Å².